The van der Waals surface area contributed by atoms with Crippen molar-refractivity contribution in [3.8, 4) is 0 Å². The molecule has 0 spiro atoms. The summed E-state index contributed by atoms with van der Waals surface area (Å²) in [7, 11) is 0. The van der Waals surface area contributed by atoms with Gasteiger partial charge in [0.2, 0.25) is 11.8 Å². The van der Waals surface area contributed by atoms with E-state index in [9.17, 15) is 39.0 Å². The highest BCUT2D eigenvalue weighted by molar-refractivity contribution is 5.89. The molecule has 4 N–H and O–H groups in total. The molecule has 2 aliphatic heterocycles. The van der Waals surface area contributed by atoms with Crippen LogP contribution in [0.25, 0.3) is 0 Å². The fourth-order valence-corrected chi connectivity index (χ4v) is 6.75. The Kier molecular flexibility index (Phi) is 18.1. The molecule has 2 aromatic rings. The number of carboxylic acids is 2. The van der Waals surface area contributed by atoms with E-state index in [0.717, 1.165) is 11.1 Å². The van der Waals surface area contributed by atoms with Crippen LogP contribution in [0.3, 0.4) is 0 Å². The van der Waals surface area contributed by atoms with Gasteiger partial charge in [-0.15, -0.1) is 0 Å². The van der Waals surface area contributed by atoms with Gasteiger partial charge in [0.1, 0.15) is 24.2 Å². The van der Waals surface area contributed by atoms with Gasteiger partial charge in [0.15, 0.2) is 0 Å². The number of rotatable bonds is 18. The summed E-state index contributed by atoms with van der Waals surface area (Å²) in [6.45, 7) is 8.18. The van der Waals surface area contributed by atoms with E-state index in [1.807, 2.05) is 60.7 Å². The number of carbonyl (C=O) groups excluding carboxylic acids is 4. The number of benzene rings is 2. The zero-order valence-electron chi connectivity index (χ0n) is 31.8. The minimum absolute atomic E-state index is 0.262. The molecular weight excluding hydrogens is 696 g/mol. The minimum atomic E-state index is -0.987. The van der Waals surface area contributed by atoms with Crippen molar-refractivity contribution in [3.05, 3.63) is 71.8 Å². The van der Waals surface area contributed by atoms with Gasteiger partial charge in [0.05, 0.1) is 25.3 Å². The Balaban J connectivity index is 0.000000290. The molecule has 2 fully saturated rings. The molecule has 14 heteroatoms. The second kappa shape index (κ2) is 22.4. The van der Waals surface area contributed by atoms with Crippen LogP contribution in [0.15, 0.2) is 60.7 Å². The SMILES string of the molecule is CCOC(=O)[C@H](CCc1ccccc1)N[C@@H](C)C(=O)N1CCC[C@H]1C(=O)O.CCOC(=O)[C@H](CCc1ccccc1)N[C@@H](C)C(=O)N1CCC[C@H]1C(=O)O. The molecule has 0 radical (unpaired) electrons. The van der Waals surface area contributed by atoms with Crippen molar-refractivity contribution >= 4 is 35.7 Å². The molecule has 2 amide bonds. The van der Waals surface area contributed by atoms with Crippen LogP contribution in [-0.2, 0) is 51.1 Å². The molecule has 2 aliphatic rings. The molecule has 54 heavy (non-hydrogen) atoms. The van der Waals surface area contributed by atoms with E-state index >= 15 is 0 Å². The largest absolute Gasteiger partial charge is 0.480 e. The van der Waals surface area contributed by atoms with Crippen molar-refractivity contribution in [1.82, 2.24) is 20.4 Å². The summed E-state index contributed by atoms with van der Waals surface area (Å²) >= 11 is 0. The van der Waals surface area contributed by atoms with Crippen LogP contribution < -0.4 is 10.6 Å². The van der Waals surface area contributed by atoms with Crippen LogP contribution in [0, 0.1) is 0 Å². The topological polar surface area (TPSA) is 192 Å². The number of nitrogens with zero attached hydrogens (tertiary/aromatic N) is 2. The van der Waals surface area contributed by atoms with Crippen LogP contribution >= 0.6 is 0 Å². The number of esters is 2. The predicted octanol–water partition coefficient (Wildman–Crippen LogP) is 3.21. The van der Waals surface area contributed by atoms with Crippen LogP contribution in [0.2, 0.25) is 0 Å². The molecule has 0 aliphatic carbocycles. The van der Waals surface area contributed by atoms with Crippen molar-refractivity contribution in [2.24, 2.45) is 0 Å². The van der Waals surface area contributed by atoms with Gasteiger partial charge in [-0.05, 0) is 90.2 Å². The van der Waals surface area contributed by atoms with Crippen molar-refractivity contribution in [1.29, 1.82) is 0 Å². The van der Waals surface area contributed by atoms with Crippen molar-refractivity contribution in [3.63, 3.8) is 0 Å². The predicted molar refractivity (Wildman–Crippen MR) is 200 cm³/mol. The standard InChI is InChI=1S/2C20H28N2O5/c2*1-3-27-20(26)16(12-11-15-8-5-4-6-9-15)21-14(2)18(23)22-13-7-10-17(22)19(24)25/h2*4-6,8-9,14,16-17,21H,3,7,10-13H2,1-2H3,(H,24,25)/t2*14-,16-,17-/m00/s1. The van der Waals surface area contributed by atoms with E-state index in [1.54, 1.807) is 27.7 Å². The fraction of sp³-hybridized carbons (Fsp3) is 0.550. The molecule has 0 unspecified atom stereocenters. The van der Waals surface area contributed by atoms with E-state index in [1.165, 1.54) is 9.80 Å². The number of carbonyl (C=O) groups is 6. The second-order valence-corrected chi connectivity index (χ2v) is 13.5. The number of aliphatic carboxylic acids is 2. The summed E-state index contributed by atoms with van der Waals surface area (Å²) in [5.74, 6) is -3.37. The number of hydrogen-bond acceptors (Lipinski definition) is 10. The van der Waals surface area contributed by atoms with Gasteiger partial charge in [-0.25, -0.2) is 9.59 Å². The maximum absolute atomic E-state index is 12.7. The Labute approximate surface area is 317 Å². The maximum atomic E-state index is 12.7. The lowest BCUT2D eigenvalue weighted by Crippen LogP contribution is -2.53. The Hall–Kier alpha value is -4.82. The third-order valence-electron chi connectivity index (χ3n) is 9.56. The number of likely N-dealkylation sites (tertiary alicyclic amines) is 2. The van der Waals surface area contributed by atoms with Gasteiger partial charge < -0.3 is 29.5 Å². The molecule has 4 rings (SSSR count). The Morgan fingerprint density at radius 3 is 1.31 bits per heavy atom. The van der Waals surface area contributed by atoms with Gasteiger partial charge in [0, 0.05) is 13.1 Å². The number of ether oxygens (including phenoxy) is 2. The number of nitrogens with one attached hydrogen (secondary N) is 2. The Morgan fingerprint density at radius 2 is 1.00 bits per heavy atom. The summed E-state index contributed by atoms with van der Waals surface area (Å²) in [5.41, 5.74) is 2.19. The molecule has 296 valence electrons. The quantitative estimate of drug-likeness (QED) is 0.163. The maximum Gasteiger partial charge on any atom is 0.326 e. The van der Waals surface area contributed by atoms with E-state index in [2.05, 4.69) is 10.6 Å². The molecule has 0 bridgehead atoms. The average molecular weight is 753 g/mol. The summed E-state index contributed by atoms with van der Waals surface area (Å²) < 4.78 is 10.3. The lowest BCUT2D eigenvalue weighted by atomic mass is 10.0. The summed E-state index contributed by atoms with van der Waals surface area (Å²) in [6, 6.07) is 15.4. The van der Waals surface area contributed by atoms with E-state index in [0.29, 0.717) is 64.5 Å². The smallest absolute Gasteiger partial charge is 0.326 e. The van der Waals surface area contributed by atoms with Crippen molar-refractivity contribution < 1.29 is 48.5 Å². The Morgan fingerprint density at radius 1 is 0.648 bits per heavy atom. The highest BCUT2D eigenvalue weighted by Crippen LogP contribution is 2.20. The lowest BCUT2D eigenvalue weighted by Gasteiger charge is -2.27. The third-order valence-corrected chi connectivity index (χ3v) is 9.56. The third kappa shape index (κ3) is 13.2. The molecule has 0 aromatic heterocycles. The first-order chi connectivity index (χ1) is 25.9. The van der Waals surface area contributed by atoms with Gasteiger partial charge in [-0.1, -0.05) is 60.7 Å². The lowest BCUT2D eigenvalue weighted by molar-refractivity contribution is -0.150. The number of hydrogen-bond donors (Lipinski definition) is 4. The van der Waals surface area contributed by atoms with Crippen LogP contribution in [0.5, 0.6) is 0 Å². The molecular formula is C40H56N4O10. The first-order valence-electron chi connectivity index (χ1n) is 18.9. The number of carboxylic acid groups (broad SMARTS) is 2. The minimum Gasteiger partial charge on any atom is -0.480 e. The molecule has 2 saturated heterocycles. The molecule has 2 aromatic carbocycles. The van der Waals surface area contributed by atoms with Gasteiger partial charge in [0.25, 0.3) is 0 Å². The molecule has 0 saturated carbocycles. The molecule has 2 heterocycles. The average Bonchev–Trinajstić information content (AvgIpc) is 3.87. The van der Waals surface area contributed by atoms with Crippen molar-refractivity contribution in [2.45, 2.75) is 115 Å². The summed E-state index contributed by atoms with van der Waals surface area (Å²) in [4.78, 5) is 75.4. The number of aryl methyl sites for hydroxylation is 2. The Bertz CT molecular complexity index is 1410. The number of amides is 2. The molecule has 14 nitrogen and oxygen atoms in total. The fourth-order valence-electron chi connectivity index (χ4n) is 6.75. The molecule has 6 atom stereocenters. The first-order valence-corrected chi connectivity index (χ1v) is 18.9. The van der Waals surface area contributed by atoms with Crippen molar-refractivity contribution in [2.75, 3.05) is 26.3 Å². The monoisotopic (exact) mass is 752 g/mol. The summed E-state index contributed by atoms with van der Waals surface area (Å²) in [5, 5.41) is 24.7. The highest BCUT2D eigenvalue weighted by Gasteiger charge is 2.38. The van der Waals surface area contributed by atoms with E-state index in [-0.39, 0.29) is 25.0 Å². The van der Waals surface area contributed by atoms with E-state index < -0.39 is 60.1 Å². The van der Waals surface area contributed by atoms with Gasteiger partial charge in [-0.3, -0.25) is 29.8 Å². The zero-order valence-corrected chi connectivity index (χ0v) is 31.8. The van der Waals surface area contributed by atoms with Crippen LogP contribution in [0.4, 0.5) is 0 Å². The van der Waals surface area contributed by atoms with Gasteiger partial charge in [-0.2, -0.15) is 0 Å². The first kappa shape index (κ1) is 43.6. The second-order valence-electron chi connectivity index (χ2n) is 13.5. The van der Waals surface area contributed by atoms with E-state index in [4.69, 9.17) is 9.47 Å². The van der Waals surface area contributed by atoms with Crippen LogP contribution in [0.1, 0.15) is 77.3 Å². The van der Waals surface area contributed by atoms with Crippen LogP contribution in [-0.4, -0.2) is 118 Å². The van der Waals surface area contributed by atoms with Gasteiger partial charge >= 0.3 is 23.9 Å². The summed E-state index contributed by atoms with van der Waals surface area (Å²) in [6.07, 6.45) is 4.58. The normalized spacial score (nSPS) is 18.7. The zero-order chi connectivity index (χ0) is 39.6. The highest BCUT2D eigenvalue weighted by atomic mass is 16.5.